The summed E-state index contributed by atoms with van der Waals surface area (Å²) in [6.45, 7) is 3.42. The monoisotopic (exact) mass is 170 g/mol. The zero-order valence-electron chi connectivity index (χ0n) is 7.40. The molecule has 0 saturated heterocycles. The van der Waals surface area contributed by atoms with Crippen LogP contribution >= 0.6 is 0 Å². The van der Waals surface area contributed by atoms with E-state index in [4.69, 9.17) is 0 Å². The summed E-state index contributed by atoms with van der Waals surface area (Å²) >= 11 is 0. The van der Waals surface area contributed by atoms with Gasteiger partial charge in [-0.2, -0.15) is 0 Å². The van der Waals surface area contributed by atoms with Crippen LogP contribution in [0.25, 0.3) is 0 Å². The van der Waals surface area contributed by atoms with E-state index >= 15 is 0 Å². The van der Waals surface area contributed by atoms with Gasteiger partial charge in [0.05, 0.1) is 0 Å². The maximum Gasteiger partial charge on any atom is 0.123 e. The molecule has 0 saturated carbocycles. The molecule has 0 amide bonds. The van der Waals surface area contributed by atoms with Gasteiger partial charge in [-0.25, -0.2) is 0 Å². The number of aldehydes is 3. The van der Waals surface area contributed by atoms with E-state index in [1.807, 2.05) is 0 Å². The summed E-state index contributed by atoms with van der Waals surface area (Å²) < 4.78 is 0. The fourth-order valence-corrected chi connectivity index (χ4v) is 0.980. The molecular weight excluding hydrogens is 156 g/mol. The van der Waals surface area contributed by atoms with Crippen LogP contribution in [0, 0.1) is 17.8 Å². The molecule has 0 heterocycles. The van der Waals surface area contributed by atoms with E-state index in [9.17, 15) is 14.4 Å². The van der Waals surface area contributed by atoms with Gasteiger partial charge in [0.25, 0.3) is 0 Å². The van der Waals surface area contributed by atoms with Crippen molar-refractivity contribution in [3.8, 4) is 0 Å². The molecule has 68 valence electrons. The fourth-order valence-electron chi connectivity index (χ4n) is 0.980. The maximum atomic E-state index is 10.5. The minimum atomic E-state index is -0.317. The molecule has 0 radical (unpaired) electrons. The molecule has 3 heteroatoms. The second-order valence-electron chi connectivity index (χ2n) is 3.14. The first-order chi connectivity index (χ1) is 5.65. The summed E-state index contributed by atoms with van der Waals surface area (Å²) in [5.41, 5.74) is 0. The van der Waals surface area contributed by atoms with Crippen LogP contribution in [-0.2, 0) is 14.4 Å². The lowest BCUT2D eigenvalue weighted by Crippen LogP contribution is -2.18. The Morgan fingerprint density at radius 3 is 1.92 bits per heavy atom. The number of hydrogen-bond donors (Lipinski definition) is 0. The first-order valence-electron chi connectivity index (χ1n) is 4.01. The van der Waals surface area contributed by atoms with E-state index in [1.165, 1.54) is 0 Å². The average Bonchev–Trinajstić information content (AvgIpc) is 2.12. The molecule has 0 aromatic carbocycles. The molecule has 0 aliphatic rings. The van der Waals surface area contributed by atoms with E-state index in [1.54, 1.807) is 13.8 Å². The molecule has 0 rings (SSSR count). The quantitative estimate of drug-likeness (QED) is 0.555. The molecule has 0 aliphatic heterocycles. The number of hydrogen-bond acceptors (Lipinski definition) is 3. The SMILES string of the molecule is CC(C=O)CC(C=O)C(C)C=O. The van der Waals surface area contributed by atoms with Gasteiger partial charge in [-0.1, -0.05) is 13.8 Å². The predicted molar refractivity (Wildman–Crippen MR) is 44.6 cm³/mol. The highest BCUT2D eigenvalue weighted by Gasteiger charge is 2.18. The lowest BCUT2D eigenvalue weighted by Gasteiger charge is -2.13. The number of carbonyl (C=O) groups excluding carboxylic acids is 3. The van der Waals surface area contributed by atoms with Gasteiger partial charge in [-0.15, -0.1) is 0 Å². The molecule has 0 aliphatic carbocycles. The topological polar surface area (TPSA) is 51.2 Å². The lowest BCUT2D eigenvalue weighted by molar-refractivity contribution is -0.120. The Balaban J connectivity index is 4.06. The van der Waals surface area contributed by atoms with Crippen molar-refractivity contribution >= 4 is 18.9 Å². The van der Waals surface area contributed by atoms with Crippen molar-refractivity contribution in [2.75, 3.05) is 0 Å². The molecule has 3 unspecified atom stereocenters. The van der Waals surface area contributed by atoms with Crippen molar-refractivity contribution in [2.45, 2.75) is 20.3 Å². The molecule has 12 heavy (non-hydrogen) atoms. The predicted octanol–water partition coefficient (Wildman–Crippen LogP) is 0.862. The van der Waals surface area contributed by atoms with Crippen LogP contribution in [0.3, 0.4) is 0 Å². The zero-order valence-corrected chi connectivity index (χ0v) is 7.40. The highest BCUT2D eigenvalue weighted by molar-refractivity contribution is 5.65. The van der Waals surface area contributed by atoms with Gasteiger partial charge in [-0.05, 0) is 6.42 Å². The zero-order chi connectivity index (χ0) is 9.56. The van der Waals surface area contributed by atoms with Crippen molar-refractivity contribution in [1.29, 1.82) is 0 Å². The number of rotatable bonds is 6. The summed E-state index contributed by atoms with van der Waals surface area (Å²) in [5, 5.41) is 0. The van der Waals surface area contributed by atoms with E-state index in [-0.39, 0.29) is 17.8 Å². The van der Waals surface area contributed by atoms with Crippen LogP contribution < -0.4 is 0 Å². The highest BCUT2D eigenvalue weighted by atomic mass is 16.1. The smallest absolute Gasteiger partial charge is 0.123 e. The summed E-state index contributed by atoms with van der Waals surface area (Å²) in [4.78, 5) is 31.1. The van der Waals surface area contributed by atoms with Gasteiger partial charge in [0.15, 0.2) is 0 Å². The Hall–Kier alpha value is -0.990. The Bertz CT molecular complexity index is 165. The van der Waals surface area contributed by atoms with E-state index in [0.717, 1.165) is 18.9 Å². The fraction of sp³-hybridized carbons (Fsp3) is 0.667. The largest absolute Gasteiger partial charge is 0.303 e. The van der Waals surface area contributed by atoms with Gasteiger partial charge in [0, 0.05) is 17.8 Å². The standard InChI is InChI=1S/C9H14O3/c1-7(4-10)3-9(6-12)8(2)5-11/h4-9H,3H2,1-2H3. The molecule has 0 bridgehead atoms. The molecule has 0 aromatic rings. The first-order valence-corrected chi connectivity index (χ1v) is 4.01. The summed E-state index contributed by atoms with van der Waals surface area (Å²) in [6, 6.07) is 0. The molecule has 0 spiro atoms. The van der Waals surface area contributed by atoms with E-state index in [2.05, 4.69) is 0 Å². The van der Waals surface area contributed by atoms with Crippen LogP contribution in [0.5, 0.6) is 0 Å². The third kappa shape index (κ3) is 3.42. The Labute approximate surface area is 72.1 Å². The van der Waals surface area contributed by atoms with Crippen LogP contribution in [0.15, 0.2) is 0 Å². The molecule has 3 atom stereocenters. The van der Waals surface area contributed by atoms with Crippen molar-refractivity contribution in [3.05, 3.63) is 0 Å². The summed E-state index contributed by atoms with van der Waals surface area (Å²) in [7, 11) is 0. The molecule has 0 fully saturated rings. The van der Waals surface area contributed by atoms with Gasteiger partial charge in [-0.3, -0.25) is 0 Å². The summed E-state index contributed by atoms with van der Waals surface area (Å²) in [5.74, 6) is -0.754. The van der Waals surface area contributed by atoms with E-state index in [0.29, 0.717) is 6.42 Å². The Kier molecular flexibility index (Phi) is 5.17. The average molecular weight is 170 g/mol. The van der Waals surface area contributed by atoms with Gasteiger partial charge < -0.3 is 14.4 Å². The van der Waals surface area contributed by atoms with Crippen LogP contribution in [0.2, 0.25) is 0 Å². The van der Waals surface area contributed by atoms with Crippen LogP contribution in [-0.4, -0.2) is 18.9 Å². The normalized spacial score (nSPS) is 17.5. The molecule has 0 N–H and O–H groups in total. The van der Waals surface area contributed by atoms with E-state index < -0.39 is 0 Å². The van der Waals surface area contributed by atoms with Gasteiger partial charge in [0.2, 0.25) is 0 Å². The van der Waals surface area contributed by atoms with Gasteiger partial charge >= 0.3 is 0 Å². The van der Waals surface area contributed by atoms with Gasteiger partial charge in [0.1, 0.15) is 18.9 Å². The lowest BCUT2D eigenvalue weighted by atomic mass is 9.88. The minimum Gasteiger partial charge on any atom is -0.303 e. The molecule has 3 nitrogen and oxygen atoms in total. The third-order valence-electron chi connectivity index (χ3n) is 1.94. The molecule has 0 aromatic heterocycles. The van der Waals surface area contributed by atoms with Crippen LogP contribution in [0.4, 0.5) is 0 Å². The highest BCUT2D eigenvalue weighted by Crippen LogP contribution is 2.15. The third-order valence-corrected chi connectivity index (χ3v) is 1.94. The van der Waals surface area contributed by atoms with Crippen LogP contribution in [0.1, 0.15) is 20.3 Å². The molecular formula is C9H14O3. The second kappa shape index (κ2) is 5.63. The first kappa shape index (κ1) is 11.0. The maximum absolute atomic E-state index is 10.5. The number of carbonyl (C=O) groups is 3. The van der Waals surface area contributed by atoms with Crippen molar-refractivity contribution in [3.63, 3.8) is 0 Å². The second-order valence-corrected chi connectivity index (χ2v) is 3.14. The Morgan fingerprint density at radius 2 is 1.58 bits per heavy atom. The minimum absolute atomic E-state index is 0.150. The van der Waals surface area contributed by atoms with Crippen molar-refractivity contribution in [1.82, 2.24) is 0 Å². The van der Waals surface area contributed by atoms with Crippen molar-refractivity contribution in [2.24, 2.45) is 17.8 Å². The van der Waals surface area contributed by atoms with Crippen molar-refractivity contribution < 1.29 is 14.4 Å². The Morgan fingerprint density at radius 1 is 1.00 bits per heavy atom. The summed E-state index contributed by atoms with van der Waals surface area (Å²) in [6.07, 6.45) is 2.76.